The highest BCUT2D eigenvalue weighted by Crippen LogP contribution is 2.30. The summed E-state index contributed by atoms with van der Waals surface area (Å²) in [6, 6.07) is 0. The third kappa shape index (κ3) is 1.51. The molecular formula is C8H10N2O2S. The predicted octanol–water partition coefficient (Wildman–Crippen LogP) is 0.915. The number of nitrogens with zero attached hydrogens (tertiary/aromatic N) is 1. The van der Waals surface area contributed by atoms with Gasteiger partial charge in [-0.25, -0.2) is 4.98 Å². The van der Waals surface area contributed by atoms with E-state index in [1.54, 1.807) is 0 Å². The van der Waals surface area contributed by atoms with Crippen LogP contribution in [-0.4, -0.2) is 16.1 Å². The number of carboxylic acid groups (broad SMARTS) is 1. The van der Waals surface area contributed by atoms with E-state index in [9.17, 15) is 4.79 Å². The van der Waals surface area contributed by atoms with Crippen LogP contribution in [0.4, 0.5) is 5.13 Å². The maximum Gasteiger partial charge on any atom is 0.306 e. The lowest BCUT2D eigenvalue weighted by molar-refractivity contribution is -0.142. The largest absolute Gasteiger partial charge is 0.481 e. The van der Waals surface area contributed by atoms with Crippen LogP contribution in [0.25, 0.3) is 0 Å². The molecule has 1 aliphatic rings. The first kappa shape index (κ1) is 8.50. The molecule has 0 fully saturated rings. The highest BCUT2D eigenvalue weighted by Gasteiger charge is 2.26. The quantitative estimate of drug-likeness (QED) is 0.703. The SMILES string of the molecule is Nc1nc2c(s1)CC(C(=O)O)CC2. The average Bonchev–Trinajstić information content (AvgIpc) is 2.42. The Morgan fingerprint density at radius 3 is 3.15 bits per heavy atom. The average molecular weight is 198 g/mol. The fraction of sp³-hybridized carbons (Fsp3) is 0.500. The van der Waals surface area contributed by atoms with Crippen molar-refractivity contribution in [1.29, 1.82) is 0 Å². The standard InChI is InChI=1S/C8H10N2O2S/c9-8-10-5-2-1-4(7(11)12)3-6(5)13-8/h4H,1-3H2,(H2,9,10)(H,11,12). The summed E-state index contributed by atoms with van der Waals surface area (Å²) in [6.07, 6.45) is 2.03. The molecule has 0 aliphatic heterocycles. The van der Waals surface area contributed by atoms with Gasteiger partial charge in [-0.05, 0) is 19.3 Å². The van der Waals surface area contributed by atoms with Crippen LogP contribution < -0.4 is 5.73 Å². The Morgan fingerprint density at radius 2 is 2.46 bits per heavy atom. The van der Waals surface area contributed by atoms with Crippen LogP contribution in [0.3, 0.4) is 0 Å². The van der Waals surface area contributed by atoms with Crippen molar-refractivity contribution >= 4 is 22.4 Å². The first-order valence-electron chi connectivity index (χ1n) is 4.13. The summed E-state index contributed by atoms with van der Waals surface area (Å²) >= 11 is 1.41. The zero-order valence-electron chi connectivity index (χ0n) is 6.99. The highest BCUT2D eigenvalue weighted by molar-refractivity contribution is 7.15. The van der Waals surface area contributed by atoms with Gasteiger partial charge in [-0.1, -0.05) is 0 Å². The van der Waals surface area contributed by atoms with Crippen LogP contribution in [0.1, 0.15) is 17.0 Å². The summed E-state index contributed by atoms with van der Waals surface area (Å²) in [5.41, 5.74) is 6.54. The van der Waals surface area contributed by atoms with E-state index in [2.05, 4.69) is 4.98 Å². The molecule has 3 N–H and O–H groups in total. The van der Waals surface area contributed by atoms with Gasteiger partial charge in [0.05, 0.1) is 11.6 Å². The van der Waals surface area contributed by atoms with E-state index in [1.165, 1.54) is 11.3 Å². The minimum absolute atomic E-state index is 0.243. The van der Waals surface area contributed by atoms with E-state index < -0.39 is 5.97 Å². The van der Waals surface area contributed by atoms with Gasteiger partial charge in [-0.15, -0.1) is 11.3 Å². The molecule has 1 heterocycles. The molecule has 5 heteroatoms. The molecule has 0 saturated heterocycles. The zero-order valence-corrected chi connectivity index (χ0v) is 7.80. The Morgan fingerprint density at radius 1 is 1.69 bits per heavy atom. The Balaban J connectivity index is 2.24. The van der Waals surface area contributed by atoms with Gasteiger partial charge >= 0.3 is 5.97 Å². The summed E-state index contributed by atoms with van der Waals surface area (Å²) in [5.74, 6) is -0.954. The Hall–Kier alpha value is -1.10. The Labute approximate surface area is 79.4 Å². The molecule has 2 rings (SSSR count). The number of nitrogens with two attached hydrogens (primary N) is 1. The molecule has 0 amide bonds. The molecule has 1 aromatic rings. The summed E-state index contributed by atoms with van der Waals surface area (Å²) in [4.78, 5) is 15.9. The number of aliphatic carboxylic acids is 1. The molecule has 13 heavy (non-hydrogen) atoms. The number of aryl methyl sites for hydroxylation is 1. The maximum atomic E-state index is 10.7. The van der Waals surface area contributed by atoms with E-state index in [0.717, 1.165) is 17.0 Å². The zero-order chi connectivity index (χ0) is 9.42. The van der Waals surface area contributed by atoms with Gasteiger partial charge in [0, 0.05) is 4.88 Å². The molecule has 4 nitrogen and oxygen atoms in total. The van der Waals surface area contributed by atoms with E-state index in [0.29, 0.717) is 18.0 Å². The Kier molecular flexibility index (Phi) is 1.95. The lowest BCUT2D eigenvalue weighted by atomic mass is 9.91. The van der Waals surface area contributed by atoms with Gasteiger partial charge < -0.3 is 10.8 Å². The van der Waals surface area contributed by atoms with Crippen molar-refractivity contribution < 1.29 is 9.90 Å². The number of anilines is 1. The number of hydrogen-bond acceptors (Lipinski definition) is 4. The van der Waals surface area contributed by atoms with E-state index in [4.69, 9.17) is 10.8 Å². The second kappa shape index (κ2) is 2.99. The minimum Gasteiger partial charge on any atom is -0.481 e. The monoisotopic (exact) mass is 198 g/mol. The lowest BCUT2D eigenvalue weighted by Crippen LogP contribution is -2.21. The van der Waals surface area contributed by atoms with Crippen molar-refractivity contribution in [2.45, 2.75) is 19.3 Å². The molecule has 70 valence electrons. The smallest absolute Gasteiger partial charge is 0.306 e. The second-order valence-corrected chi connectivity index (χ2v) is 4.32. The van der Waals surface area contributed by atoms with Gasteiger partial charge in [-0.2, -0.15) is 0 Å². The number of carboxylic acids is 1. The summed E-state index contributed by atoms with van der Waals surface area (Å²) in [5, 5.41) is 9.38. The molecule has 1 aliphatic carbocycles. The Bertz CT molecular complexity index is 348. The van der Waals surface area contributed by atoms with Crippen LogP contribution in [0.2, 0.25) is 0 Å². The van der Waals surface area contributed by atoms with Gasteiger partial charge in [-0.3, -0.25) is 4.79 Å². The second-order valence-electron chi connectivity index (χ2n) is 3.20. The number of nitrogen functional groups attached to an aromatic ring is 1. The molecular weight excluding hydrogens is 188 g/mol. The van der Waals surface area contributed by atoms with Crippen LogP contribution in [0.15, 0.2) is 0 Å². The van der Waals surface area contributed by atoms with Gasteiger partial charge in [0.2, 0.25) is 0 Å². The third-order valence-corrected chi connectivity index (χ3v) is 3.25. The fourth-order valence-corrected chi connectivity index (χ4v) is 2.56. The fourth-order valence-electron chi connectivity index (χ4n) is 1.61. The van der Waals surface area contributed by atoms with Crippen molar-refractivity contribution in [3.05, 3.63) is 10.6 Å². The van der Waals surface area contributed by atoms with Crippen LogP contribution in [0.5, 0.6) is 0 Å². The molecule has 0 spiro atoms. The highest BCUT2D eigenvalue weighted by atomic mass is 32.1. The first-order valence-corrected chi connectivity index (χ1v) is 4.95. The molecule has 0 bridgehead atoms. The van der Waals surface area contributed by atoms with Crippen molar-refractivity contribution in [2.75, 3.05) is 5.73 Å². The summed E-state index contributed by atoms with van der Waals surface area (Å²) in [6.45, 7) is 0. The van der Waals surface area contributed by atoms with E-state index in [1.807, 2.05) is 0 Å². The maximum absolute atomic E-state index is 10.7. The molecule has 0 radical (unpaired) electrons. The predicted molar refractivity (Wildman–Crippen MR) is 49.7 cm³/mol. The number of fused-ring (bicyclic) bond motifs is 1. The minimum atomic E-state index is -0.711. The molecule has 1 atom stereocenters. The van der Waals surface area contributed by atoms with Crippen molar-refractivity contribution in [3.63, 3.8) is 0 Å². The van der Waals surface area contributed by atoms with E-state index >= 15 is 0 Å². The normalized spacial score (nSPS) is 21.1. The van der Waals surface area contributed by atoms with Crippen molar-refractivity contribution in [3.8, 4) is 0 Å². The first-order chi connectivity index (χ1) is 6.16. The topological polar surface area (TPSA) is 76.2 Å². The number of carbonyl (C=O) groups is 1. The summed E-state index contributed by atoms with van der Waals surface area (Å²) in [7, 11) is 0. The number of rotatable bonds is 1. The van der Waals surface area contributed by atoms with Gasteiger partial charge in [0.1, 0.15) is 0 Å². The number of thiazole rings is 1. The van der Waals surface area contributed by atoms with E-state index in [-0.39, 0.29) is 5.92 Å². The van der Waals surface area contributed by atoms with Gasteiger partial charge in [0.25, 0.3) is 0 Å². The third-order valence-electron chi connectivity index (χ3n) is 2.31. The van der Waals surface area contributed by atoms with Crippen LogP contribution in [-0.2, 0) is 17.6 Å². The lowest BCUT2D eigenvalue weighted by Gasteiger charge is -2.16. The molecule has 1 aromatic heterocycles. The van der Waals surface area contributed by atoms with Crippen molar-refractivity contribution in [1.82, 2.24) is 4.98 Å². The van der Waals surface area contributed by atoms with Crippen LogP contribution in [0, 0.1) is 5.92 Å². The van der Waals surface area contributed by atoms with Gasteiger partial charge in [0.15, 0.2) is 5.13 Å². The summed E-state index contributed by atoms with van der Waals surface area (Å²) < 4.78 is 0. The molecule has 1 unspecified atom stereocenters. The van der Waals surface area contributed by atoms with Crippen LogP contribution >= 0.6 is 11.3 Å². The number of hydrogen-bond donors (Lipinski definition) is 2. The van der Waals surface area contributed by atoms with Crippen molar-refractivity contribution in [2.24, 2.45) is 5.92 Å². The molecule has 0 saturated carbocycles. The number of aromatic nitrogens is 1. The molecule has 0 aromatic carbocycles.